The first kappa shape index (κ1) is 100. The Labute approximate surface area is 816 Å². The average Bonchev–Trinajstić information content (AvgIpc) is 1.61. The molecule has 0 amide bonds. The minimum atomic E-state index is -3.17. The molecule has 0 fully saturated rings. The number of hydrogen-bond donors (Lipinski definition) is 0. The molecule has 0 atom stereocenters. The summed E-state index contributed by atoms with van der Waals surface area (Å²) >= 11 is 0. The lowest BCUT2D eigenvalue weighted by Gasteiger charge is -2.25. The minimum absolute atomic E-state index is 0. The monoisotopic (exact) mass is 1900 g/mol. The van der Waals surface area contributed by atoms with Crippen molar-refractivity contribution in [2.24, 2.45) is 0 Å². The summed E-state index contributed by atoms with van der Waals surface area (Å²) in [4.78, 5) is 0. The summed E-state index contributed by atoms with van der Waals surface area (Å²) in [6.07, 6.45) is 3.77. The topological polar surface area (TPSA) is 118 Å². The number of rotatable bonds is 19. The maximum atomic E-state index is 15.0. The van der Waals surface area contributed by atoms with Crippen molar-refractivity contribution in [2.45, 2.75) is 108 Å². The van der Waals surface area contributed by atoms with E-state index in [1.54, 1.807) is 0 Å². The second kappa shape index (κ2) is 43.2. The van der Waals surface area contributed by atoms with E-state index in [1.807, 2.05) is 404 Å². The largest absolute Gasteiger partial charge is 0.456 e. The number of ether oxygens (including phenoxy) is 4. The highest BCUT2D eigenvalue weighted by Crippen LogP contribution is 2.51. The number of hydrogen-bond acceptors (Lipinski definition) is 9. The molecule has 0 bridgehead atoms. The predicted octanol–water partition coefficient (Wildman–Crippen LogP) is 27.6. The molecular formula is C124H120O9P4Si. The van der Waals surface area contributed by atoms with E-state index in [1.165, 1.54) is 35.2 Å². The molecule has 138 heavy (non-hydrogen) atoms. The van der Waals surface area contributed by atoms with Gasteiger partial charge in [0.1, 0.15) is 42.2 Å². The van der Waals surface area contributed by atoms with Crippen molar-refractivity contribution in [3.63, 3.8) is 0 Å². The summed E-state index contributed by atoms with van der Waals surface area (Å²) in [6.45, 7) is 14.8. The Kier molecular flexibility index (Phi) is 31.3. The molecule has 0 radical (unpaired) electrons. The third kappa shape index (κ3) is 20.7. The van der Waals surface area contributed by atoms with Crippen LogP contribution >= 0.6 is 28.6 Å². The molecule has 0 spiro atoms. The zero-order chi connectivity index (χ0) is 92.5. The molecule has 1 aromatic heterocycles. The van der Waals surface area contributed by atoms with Crippen LogP contribution in [0.4, 0.5) is 0 Å². The van der Waals surface area contributed by atoms with Gasteiger partial charge in [0.15, 0.2) is 28.6 Å². The Morgan fingerprint density at radius 2 is 0.478 bits per heavy atom. The molecular weight excluding hydrogens is 1790 g/mol. The van der Waals surface area contributed by atoms with Crippen LogP contribution in [0.3, 0.4) is 0 Å². The molecule has 19 aromatic rings. The van der Waals surface area contributed by atoms with Gasteiger partial charge in [-0.2, -0.15) is 0 Å². The van der Waals surface area contributed by atoms with Gasteiger partial charge < -0.3 is 41.6 Å². The number of furan rings is 1. The molecule has 2 aliphatic heterocycles. The van der Waals surface area contributed by atoms with E-state index in [0.29, 0.717) is 11.2 Å². The molecule has 0 unspecified atom stereocenters. The van der Waals surface area contributed by atoms with Crippen molar-refractivity contribution in [3.05, 3.63) is 473 Å². The van der Waals surface area contributed by atoms with Gasteiger partial charge in [-0.25, -0.2) is 0 Å². The first-order chi connectivity index (χ1) is 65.1. The lowest BCUT2D eigenvalue weighted by Crippen LogP contribution is -2.52. The van der Waals surface area contributed by atoms with Gasteiger partial charge >= 0.3 is 0 Å². The van der Waals surface area contributed by atoms with E-state index in [4.69, 9.17) is 23.4 Å². The molecule has 2 aliphatic rings. The highest BCUT2D eigenvalue weighted by atomic mass is 31.2. The number of unbranched alkanes of at least 4 members (excludes halogenated alkanes) is 1. The summed E-state index contributed by atoms with van der Waals surface area (Å²) in [5.74, 6) is 1.70. The fraction of sp³-hybridized carbons (Fsp3) is 0.129. The summed E-state index contributed by atoms with van der Waals surface area (Å²) in [5, 5.41) is 14.1. The molecule has 0 N–H and O–H groups in total. The Morgan fingerprint density at radius 3 is 0.775 bits per heavy atom. The second-order valence-electron chi connectivity index (χ2n) is 35.1. The Bertz CT molecular complexity index is 6950. The molecule has 0 saturated carbocycles. The maximum Gasteiger partial charge on any atom is 0.245 e. The maximum absolute atomic E-state index is 15.0. The van der Waals surface area contributed by atoms with Crippen LogP contribution in [0.2, 0.25) is 13.1 Å². The second-order valence-corrected chi connectivity index (χ2v) is 50.6. The van der Waals surface area contributed by atoms with E-state index in [9.17, 15) is 9.13 Å². The van der Waals surface area contributed by atoms with E-state index >= 15 is 9.13 Å². The summed E-state index contributed by atoms with van der Waals surface area (Å²) in [7, 11) is -13.9. The molecule has 3 heterocycles. The number of fused-ring (bicyclic) bond motifs is 9. The van der Waals surface area contributed by atoms with Gasteiger partial charge in [-0.15, -0.1) is 0 Å². The predicted molar refractivity (Wildman–Crippen MR) is 592 cm³/mol. The van der Waals surface area contributed by atoms with Crippen molar-refractivity contribution in [1.82, 2.24) is 0 Å². The lowest BCUT2D eigenvalue weighted by atomic mass is 9.94. The van der Waals surface area contributed by atoms with Gasteiger partial charge in [0, 0.05) is 124 Å². The molecule has 694 valence electrons. The standard InChI is InChI=1S/C36H26O3P2.C36H28O2P2.C30H26O4.C18H24Si.4CH4/c37-40(27-13-5-1-6-14-27,28-15-7-2-8-16-28)31-21-23-35-33(25-31)34-26-32(22-24-36(34)39-35)41(38,29-17-9-3-10-18-29)30-19-11-4-12-20-30;37-39(31-13-5-1-6-14-31,32-15-7-2-8-16-32)35-25-21-29(22-26-35)30-23-27-36(28-24-30)40(38,33-17-9-3-10-18-33)34-19-11-4-12-20-34;1-29(2)31-25-11-7-5-9-21(25)23-17-19(13-15-27(23)33-29)20-14-16-28-24(18-20)22-10-6-8-12-26(22)32-30(3,4)34-28;1-4-5-9-16-12-14-18(15-13-16)19(2,3)17-10-7-6-8-11-17;;;;/h1-26H;1-28H;5-18H,1-4H3;6-8,10-15H,4-5,9H2,1-3H3;4*1H4. The molecule has 9 nitrogen and oxygen atoms in total. The van der Waals surface area contributed by atoms with Gasteiger partial charge in [-0.05, 0) is 113 Å². The molecule has 0 saturated heterocycles. The number of para-hydroxylation sites is 2. The van der Waals surface area contributed by atoms with Crippen LogP contribution in [0, 0.1) is 0 Å². The van der Waals surface area contributed by atoms with E-state index in [-0.39, 0.29) is 29.7 Å². The first-order valence-electron chi connectivity index (χ1n) is 45.5. The van der Waals surface area contributed by atoms with Crippen molar-refractivity contribution < 1.29 is 41.6 Å². The van der Waals surface area contributed by atoms with Crippen LogP contribution in [0.5, 0.6) is 23.0 Å². The zero-order valence-corrected chi connectivity index (χ0v) is 80.6. The molecule has 14 heteroatoms. The smallest absolute Gasteiger partial charge is 0.245 e. The minimum Gasteiger partial charge on any atom is -0.456 e. The van der Waals surface area contributed by atoms with E-state index in [2.05, 4.69) is 111 Å². The van der Waals surface area contributed by atoms with E-state index in [0.717, 1.165) is 142 Å². The zero-order valence-electron chi connectivity index (χ0n) is 76.0. The average molecular weight is 1910 g/mol. The lowest BCUT2D eigenvalue weighted by molar-refractivity contribution is -0.0784. The van der Waals surface area contributed by atoms with Gasteiger partial charge in [0.05, 0.1) is 0 Å². The molecule has 21 rings (SSSR count). The van der Waals surface area contributed by atoms with Crippen LogP contribution in [-0.2, 0) is 24.7 Å². The first-order valence-corrected chi connectivity index (χ1v) is 55.4. The van der Waals surface area contributed by atoms with Crippen molar-refractivity contribution >= 4 is 133 Å². The van der Waals surface area contributed by atoms with Crippen molar-refractivity contribution in [3.8, 4) is 67.5 Å². The van der Waals surface area contributed by atoms with E-state index < -0.39 is 48.2 Å². The normalized spacial score (nSPS) is 12.6. The number of aryl methyl sites for hydroxylation is 1. The van der Waals surface area contributed by atoms with Gasteiger partial charge in [0.25, 0.3) is 0 Å². The highest BCUT2D eigenvalue weighted by molar-refractivity contribution is 7.86. The van der Waals surface area contributed by atoms with Gasteiger partial charge in [-0.3, -0.25) is 0 Å². The quantitative estimate of drug-likeness (QED) is 0.0576. The SMILES string of the molecule is C.C.C.C.CC1(C)Oc2ccccc2-c2cc(-c3ccc4c(c3)-c3ccccc3OC(C)(C)O4)ccc2O1.CCCCc1ccc([Si](C)(C)c2ccccc2)cc1.O=P(c1ccccc1)(c1ccccc1)c1ccc(-c2ccc(P(=O)(c3ccccc3)c3ccccc3)cc2)cc1.O=P(c1ccccc1)(c1ccccc1)c1ccc2oc3ccc(P(=O)(c4ccccc4)c4ccccc4)cc3c2c1. The van der Waals surface area contributed by atoms with Crippen LogP contribution in [-0.4, -0.2) is 19.6 Å². The fourth-order valence-electron chi connectivity index (χ4n) is 17.9. The third-order valence-electron chi connectivity index (χ3n) is 25.0. The van der Waals surface area contributed by atoms with Gasteiger partial charge in [0.2, 0.25) is 11.6 Å². The fourth-order valence-corrected chi connectivity index (χ4v) is 30.9. The van der Waals surface area contributed by atoms with Crippen LogP contribution in [0.1, 0.15) is 82.7 Å². The molecule has 18 aromatic carbocycles. The highest BCUT2D eigenvalue weighted by Gasteiger charge is 2.37. The summed E-state index contributed by atoms with van der Waals surface area (Å²) < 4.78 is 90.4. The third-order valence-corrected chi connectivity index (χ3v) is 40.8. The van der Waals surface area contributed by atoms with Crippen LogP contribution in [0.15, 0.2) is 472 Å². The van der Waals surface area contributed by atoms with Crippen LogP contribution in [0.25, 0.3) is 66.4 Å². The Balaban J connectivity index is 0.000000150. The van der Waals surface area contributed by atoms with Gasteiger partial charge in [-0.1, -0.05) is 461 Å². The van der Waals surface area contributed by atoms with Crippen LogP contribution < -0.4 is 93.0 Å². The van der Waals surface area contributed by atoms with Crippen molar-refractivity contribution in [1.29, 1.82) is 0 Å². The number of benzene rings is 18. The Morgan fingerprint density at radius 1 is 0.239 bits per heavy atom. The Hall–Kier alpha value is -13.9. The summed E-state index contributed by atoms with van der Waals surface area (Å²) in [5.41, 5.74) is 11.1. The molecule has 0 aliphatic carbocycles. The summed E-state index contributed by atoms with van der Waals surface area (Å²) in [6, 6.07) is 154. The van der Waals surface area contributed by atoms with Crippen molar-refractivity contribution in [2.75, 3.05) is 0 Å².